The van der Waals surface area contributed by atoms with E-state index in [0.29, 0.717) is 18.8 Å². The van der Waals surface area contributed by atoms with Crippen LogP contribution in [0.4, 0.5) is 0 Å². The van der Waals surface area contributed by atoms with Gasteiger partial charge in [0.15, 0.2) is 0 Å². The van der Waals surface area contributed by atoms with E-state index in [0.717, 1.165) is 53.9 Å². The average molecular weight is 409 g/mol. The van der Waals surface area contributed by atoms with Crippen molar-refractivity contribution >= 4 is 32.5 Å². The van der Waals surface area contributed by atoms with Gasteiger partial charge in [0.1, 0.15) is 5.69 Å². The molecule has 0 radical (unpaired) electrons. The number of hydrogen-bond donors (Lipinski definition) is 4. The highest BCUT2D eigenvalue weighted by atomic mass is 32.1. The number of aliphatic hydroxyl groups is 1. The second-order valence-electron chi connectivity index (χ2n) is 8.17. The molecule has 1 fully saturated rings. The smallest absolute Gasteiger partial charge is 0.126 e. The molecule has 3 aromatic heterocycles. The number of hydrogen-bond acceptors (Lipinski definition) is 4. The van der Waals surface area contributed by atoms with Crippen LogP contribution in [0, 0.1) is 0 Å². The minimum atomic E-state index is -0.776. The van der Waals surface area contributed by atoms with Crippen molar-refractivity contribution in [2.24, 2.45) is 0 Å². The Bertz CT molecular complexity index is 1140. The quantitative estimate of drug-likeness (QED) is 0.364. The van der Waals surface area contributed by atoms with Crippen LogP contribution in [-0.2, 0) is 5.60 Å². The van der Waals surface area contributed by atoms with Gasteiger partial charge >= 0.3 is 0 Å². The number of H-pyrrole nitrogens is 2. The molecule has 1 aliphatic heterocycles. The highest BCUT2D eigenvalue weighted by Crippen LogP contribution is 2.42. The third-order valence-electron chi connectivity index (χ3n) is 6.70. The summed E-state index contributed by atoms with van der Waals surface area (Å²) in [5.41, 5.74) is 5.93. The van der Waals surface area contributed by atoms with Crippen molar-refractivity contribution in [2.75, 3.05) is 13.1 Å². The first kappa shape index (κ1) is 18.9. The van der Waals surface area contributed by atoms with Crippen molar-refractivity contribution in [1.82, 2.24) is 20.5 Å². The van der Waals surface area contributed by atoms with Crippen LogP contribution in [0.2, 0.25) is 0 Å². The first-order valence-corrected chi connectivity index (χ1v) is 11.5. The molecule has 0 bridgehead atoms. The fourth-order valence-corrected chi connectivity index (χ4v) is 5.65. The Kier molecular flexibility index (Phi) is 4.73. The second-order valence-corrected chi connectivity index (χ2v) is 9.09. The van der Waals surface area contributed by atoms with Crippen LogP contribution in [0.15, 0.2) is 29.6 Å². The van der Waals surface area contributed by atoms with Gasteiger partial charge in [-0.2, -0.15) is 5.10 Å². The molecule has 0 unspecified atom stereocenters. The molecule has 4 heterocycles. The van der Waals surface area contributed by atoms with Crippen molar-refractivity contribution in [3.63, 3.8) is 0 Å². The molecule has 152 valence electrons. The van der Waals surface area contributed by atoms with E-state index in [-0.39, 0.29) is 0 Å². The van der Waals surface area contributed by atoms with E-state index in [1.54, 1.807) is 11.3 Å². The monoisotopic (exact) mass is 408 g/mol. The molecule has 0 atom stereocenters. The van der Waals surface area contributed by atoms with Crippen molar-refractivity contribution in [3.05, 3.63) is 40.8 Å². The molecule has 0 amide bonds. The lowest BCUT2D eigenvalue weighted by molar-refractivity contribution is 0.0285. The number of nitrogens with zero attached hydrogens (tertiary/aromatic N) is 1. The van der Waals surface area contributed by atoms with Gasteiger partial charge in [0, 0.05) is 10.9 Å². The first-order chi connectivity index (χ1) is 14.1. The number of fused-ring (bicyclic) bond motifs is 2. The van der Waals surface area contributed by atoms with Crippen LogP contribution in [0.3, 0.4) is 0 Å². The highest BCUT2D eigenvalue weighted by molar-refractivity contribution is 7.17. The summed E-state index contributed by atoms with van der Waals surface area (Å²) < 4.78 is 1.20. The molecule has 4 aromatic rings. The number of nitrogens with one attached hydrogen (secondary N) is 3. The second kappa shape index (κ2) is 7.27. The molecule has 1 saturated heterocycles. The lowest BCUT2D eigenvalue weighted by Crippen LogP contribution is -2.26. The van der Waals surface area contributed by atoms with E-state index >= 15 is 0 Å². The van der Waals surface area contributed by atoms with Crippen LogP contribution in [0.1, 0.15) is 56.6 Å². The topological polar surface area (TPSA) is 76.7 Å². The van der Waals surface area contributed by atoms with E-state index in [4.69, 9.17) is 0 Å². The predicted molar refractivity (Wildman–Crippen MR) is 121 cm³/mol. The molecule has 1 aromatic carbocycles. The molecule has 0 aliphatic carbocycles. The lowest BCUT2D eigenvalue weighted by atomic mass is 9.85. The van der Waals surface area contributed by atoms with Crippen molar-refractivity contribution in [3.8, 4) is 11.4 Å². The summed E-state index contributed by atoms with van der Waals surface area (Å²) in [5, 5.41) is 25.8. The minimum Gasteiger partial charge on any atom is -0.385 e. The first-order valence-electron chi connectivity index (χ1n) is 10.7. The standard InChI is InChI=1S/C23H28N4OS/c1-3-23(28,4-2)15-5-6-16-18(13-15)25-20(19(16)14-7-10-24-11-8-14)21-22-17(26-27-21)9-12-29-22/h5-6,9,12-14,24-25,28H,3-4,7-8,10-11H2,1-2H3,(H,26,27). The number of piperidine rings is 1. The van der Waals surface area contributed by atoms with Gasteiger partial charge in [0.25, 0.3) is 0 Å². The molecule has 4 N–H and O–H groups in total. The normalized spacial score (nSPS) is 16.2. The summed E-state index contributed by atoms with van der Waals surface area (Å²) in [7, 11) is 0. The zero-order chi connectivity index (χ0) is 20.0. The fourth-order valence-electron chi connectivity index (χ4n) is 4.81. The Labute approximate surface area is 174 Å². The van der Waals surface area contributed by atoms with Crippen LogP contribution in [0.5, 0.6) is 0 Å². The lowest BCUT2D eigenvalue weighted by Gasteiger charge is -2.26. The number of aromatic nitrogens is 3. The van der Waals surface area contributed by atoms with Gasteiger partial charge < -0.3 is 15.4 Å². The Morgan fingerprint density at radius 2 is 1.93 bits per heavy atom. The molecule has 5 rings (SSSR count). The predicted octanol–water partition coefficient (Wildman–Crippen LogP) is 5.25. The maximum atomic E-state index is 11.0. The van der Waals surface area contributed by atoms with Crippen LogP contribution < -0.4 is 5.32 Å². The van der Waals surface area contributed by atoms with E-state index in [1.807, 2.05) is 13.8 Å². The van der Waals surface area contributed by atoms with Gasteiger partial charge in [-0.3, -0.25) is 5.10 Å². The summed E-state index contributed by atoms with van der Waals surface area (Å²) in [4.78, 5) is 3.70. The van der Waals surface area contributed by atoms with Crippen LogP contribution in [-0.4, -0.2) is 33.4 Å². The summed E-state index contributed by atoms with van der Waals surface area (Å²) in [6, 6.07) is 8.55. The van der Waals surface area contributed by atoms with Gasteiger partial charge in [-0.1, -0.05) is 26.0 Å². The molecule has 0 saturated carbocycles. The highest BCUT2D eigenvalue weighted by Gasteiger charge is 2.29. The third-order valence-corrected chi connectivity index (χ3v) is 7.62. The maximum Gasteiger partial charge on any atom is 0.126 e. The molecule has 29 heavy (non-hydrogen) atoms. The van der Waals surface area contributed by atoms with Gasteiger partial charge in [0.2, 0.25) is 0 Å². The Balaban J connectivity index is 1.73. The van der Waals surface area contributed by atoms with Crippen LogP contribution >= 0.6 is 11.3 Å². The number of benzene rings is 1. The van der Waals surface area contributed by atoms with Crippen molar-refractivity contribution < 1.29 is 5.11 Å². The fraction of sp³-hybridized carbons (Fsp3) is 0.435. The average Bonchev–Trinajstić information content (AvgIpc) is 3.47. The Hall–Kier alpha value is -2.15. The SMILES string of the molecule is CCC(O)(CC)c1ccc2c(C3CCNCC3)c(-c3n[nH]c4ccsc34)[nH]c2c1. The molecular weight excluding hydrogens is 380 g/mol. The third kappa shape index (κ3) is 3.01. The molecule has 6 heteroatoms. The zero-order valence-electron chi connectivity index (χ0n) is 17.0. The number of rotatable bonds is 5. The Morgan fingerprint density at radius 3 is 2.69 bits per heavy atom. The minimum absolute atomic E-state index is 0.508. The molecule has 0 spiro atoms. The van der Waals surface area contributed by atoms with Crippen molar-refractivity contribution in [1.29, 1.82) is 0 Å². The number of thiophene rings is 1. The van der Waals surface area contributed by atoms with E-state index in [2.05, 4.69) is 50.1 Å². The number of aromatic amines is 2. The van der Waals surface area contributed by atoms with E-state index in [1.165, 1.54) is 15.6 Å². The Morgan fingerprint density at radius 1 is 1.14 bits per heavy atom. The van der Waals surface area contributed by atoms with Gasteiger partial charge in [-0.05, 0) is 73.3 Å². The molecule has 1 aliphatic rings. The summed E-state index contributed by atoms with van der Waals surface area (Å²) >= 11 is 1.73. The maximum absolute atomic E-state index is 11.0. The van der Waals surface area contributed by atoms with E-state index in [9.17, 15) is 5.11 Å². The molecular formula is C23H28N4OS. The van der Waals surface area contributed by atoms with Gasteiger partial charge in [-0.25, -0.2) is 0 Å². The summed E-state index contributed by atoms with van der Waals surface area (Å²) in [6.07, 6.45) is 3.68. The zero-order valence-corrected chi connectivity index (χ0v) is 17.8. The van der Waals surface area contributed by atoms with Crippen LogP contribution in [0.25, 0.3) is 32.5 Å². The molecule has 5 nitrogen and oxygen atoms in total. The van der Waals surface area contributed by atoms with E-state index < -0.39 is 5.60 Å². The summed E-state index contributed by atoms with van der Waals surface area (Å²) in [5.74, 6) is 0.508. The van der Waals surface area contributed by atoms with Gasteiger partial charge in [0.05, 0.1) is 21.5 Å². The van der Waals surface area contributed by atoms with Crippen molar-refractivity contribution in [2.45, 2.75) is 51.0 Å². The largest absolute Gasteiger partial charge is 0.385 e. The summed E-state index contributed by atoms with van der Waals surface area (Å²) in [6.45, 7) is 6.20. The van der Waals surface area contributed by atoms with Gasteiger partial charge in [-0.15, -0.1) is 11.3 Å².